The molecule has 3 fully saturated rings. The molecule has 0 unspecified atom stereocenters. The SMILES string of the molecule is CC.CC.c1cnc(C2(N3CCN(CC4CCNCC4)CC3)CC2)nc1. The molecule has 2 aliphatic heterocycles. The summed E-state index contributed by atoms with van der Waals surface area (Å²) < 4.78 is 0. The van der Waals surface area contributed by atoms with Crippen molar-refractivity contribution in [3.8, 4) is 0 Å². The maximum Gasteiger partial charge on any atom is 0.148 e. The van der Waals surface area contributed by atoms with Crippen molar-refractivity contribution in [2.45, 2.75) is 58.9 Å². The molecule has 1 aromatic heterocycles. The van der Waals surface area contributed by atoms with Gasteiger partial charge in [-0.1, -0.05) is 27.7 Å². The molecule has 1 saturated carbocycles. The van der Waals surface area contributed by atoms with Crippen LogP contribution in [0, 0.1) is 5.92 Å². The third-order valence-corrected chi connectivity index (χ3v) is 5.66. The van der Waals surface area contributed by atoms with Crippen LogP contribution in [0.5, 0.6) is 0 Å². The molecule has 26 heavy (non-hydrogen) atoms. The molecular weight excluding hydrogens is 322 g/mol. The lowest BCUT2D eigenvalue weighted by Crippen LogP contribution is -2.52. The first kappa shape index (κ1) is 21.3. The van der Waals surface area contributed by atoms with Crippen molar-refractivity contribution in [1.82, 2.24) is 25.1 Å². The Kier molecular flexibility index (Phi) is 8.96. The summed E-state index contributed by atoms with van der Waals surface area (Å²) in [6, 6.07) is 1.91. The summed E-state index contributed by atoms with van der Waals surface area (Å²) in [5.74, 6) is 1.95. The Labute approximate surface area is 160 Å². The van der Waals surface area contributed by atoms with Gasteiger partial charge in [-0.2, -0.15) is 0 Å². The van der Waals surface area contributed by atoms with E-state index in [1.54, 1.807) is 0 Å². The molecule has 0 spiro atoms. The molecule has 1 aromatic rings. The van der Waals surface area contributed by atoms with Gasteiger partial charge in [0, 0.05) is 45.1 Å². The number of aromatic nitrogens is 2. The summed E-state index contributed by atoms with van der Waals surface area (Å²) in [5, 5.41) is 3.46. The molecule has 148 valence electrons. The van der Waals surface area contributed by atoms with Crippen LogP contribution in [0.1, 0.15) is 59.2 Å². The molecule has 1 N–H and O–H groups in total. The summed E-state index contributed by atoms with van der Waals surface area (Å²) in [6.07, 6.45) is 8.92. The highest BCUT2D eigenvalue weighted by Gasteiger charge is 2.52. The Bertz CT molecular complexity index is 474. The number of rotatable bonds is 4. The lowest BCUT2D eigenvalue weighted by molar-refractivity contribution is 0.0677. The Balaban J connectivity index is 0.000000570. The highest BCUT2D eigenvalue weighted by atomic mass is 15.3. The molecule has 5 nitrogen and oxygen atoms in total. The second-order valence-electron chi connectivity index (χ2n) is 7.09. The molecule has 1 aliphatic carbocycles. The van der Waals surface area contributed by atoms with Crippen molar-refractivity contribution < 1.29 is 0 Å². The molecule has 5 heteroatoms. The van der Waals surface area contributed by atoms with Gasteiger partial charge in [0.15, 0.2) is 0 Å². The van der Waals surface area contributed by atoms with E-state index in [-0.39, 0.29) is 5.54 Å². The molecule has 0 radical (unpaired) electrons. The maximum atomic E-state index is 4.53. The molecule has 0 aromatic carbocycles. The van der Waals surface area contributed by atoms with E-state index in [1.165, 1.54) is 71.5 Å². The summed E-state index contributed by atoms with van der Waals surface area (Å²) in [6.45, 7) is 16.5. The van der Waals surface area contributed by atoms with Crippen molar-refractivity contribution in [3.05, 3.63) is 24.3 Å². The van der Waals surface area contributed by atoms with Crippen molar-refractivity contribution >= 4 is 0 Å². The van der Waals surface area contributed by atoms with Crippen LogP contribution in [0.3, 0.4) is 0 Å². The van der Waals surface area contributed by atoms with Crippen LogP contribution < -0.4 is 5.32 Å². The third kappa shape index (κ3) is 5.24. The number of hydrogen-bond acceptors (Lipinski definition) is 5. The lowest BCUT2D eigenvalue weighted by Gasteiger charge is -2.40. The zero-order valence-corrected chi connectivity index (χ0v) is 17.4. The van der Waals surface area contributed by atoms with Gasteiger partial charge in [0.2, 0.25) is 0 Å². The molecular formula is C21H39N5. The highest BCUT2D eigenvalue weighted by molar-refractivity contribution is 5.17. The highest BCUT2D eigenvalue weighted by Crippen LogP contribution is 2.49. The summed E-state index contributed by atoms with van der Waals surface area (Å²) >= 11 is 0. The molecule has 0 bridgehead atoms. The number of piperazine rings is 1. The third-order valence-electron chi connectivity index (χ3n) is 5.66. The average molecular weight is 362 g/mol. The van der Waals surface area contributed by atoms with E-state index in [1.807, 2.05) is 46.2 Å². The van der Waals surface area contributed by atoms with Gasteiger partial charge in [-0.3, -0.25) is 4.90 Å². The van der Waals surface area contributed by atoms with Gasteiger partial charge in [-0.05, 0) is 50.8 Å². The number of piperidine rings is 1. The fourth-order valence-corrected chi connectivity index (χ4v) is 4.13. The molecule has 0 amide bonds. The molecule has 3 heterocycles. The quantitative estimate of drug-likeness (QED) is 0.892. The standard InChI is InChI=1S/C17H27N5.2C2H6/c1-6-19-16(20-7-1)17(4-5-17)22-12-10-21(11-13-22)14-15-2-8-18-9-3-15;2*1-2/h1,6-7,15,18H,2-5,8-14H2;2*1-2H3. The van der Waals surface area contributed by atoms with E-state index in [0.717, 1.165) is 11.7 Å². The zero-order valence-electron chi connectivity index (χ0n) is 17.4. The lowest BCUT2D eigenvalue weighted by atomic mass is 9.97. The Hall–Kier alpha value is -1.04. The van der Waals surface area contributed by atoms with Crippen LogP contribution in [-0.4, -0.2) is 65.6 Å². The van der Waals surface area contributed by atoms with Crippen LogP contribution >= 0.6 is 0 Å². The maximum absolute atomic E-state index is 4.53. The fourth-order valence-electron chi connectivity index (χ4n) is 4.13. The smallest absolute Gasteiger partial charge is 0.148 e. The van der Waals surface area contributed by atoms with Crippen molar-refractivity contribution in [3.63, 3.8) is 0 Å². The predicted octanol–water partition coefficient (Wildman–Crippen LogP) is 3.14. The van der Waals surface area contributed by atoms with E-state index < -0.39 is 0 Å². The number of nitrogens with one attached hydrogen (secondary N) is 1. The summed E-state index contributed by atoms with van der Waals surface area (Å²) in [7, 11) is 0. The number of hydrogen-bond donors (Lipinski definition) is 1. The first-order valence-corrected chi connectivity index (χ1v) is 10.8. The van der Waals surface area contributed by atoms with E-state index in [0.29, 0.717) is 0 Å². The van der Waals surface area contributed by atoms with Crippen LogP contribution in [0.4, 0.5) is 0 Å². The van der Waals surface area contributed by atoms with Gasteiger partial charge in [-0.25, -0.2) is 9.97 Å². The Morgan fingerprint density at radius 3 is 2.08 bits per heavy atom. The topological polar surface area (TPSA) is 44.3 Å². The molecule has 4 rings (SSSR count). The average Bonchev–Trinajstić information content (AvgIpc) is 3.55. The Morgan fingerprint density at radius 1 is 0.962 bits per heavy atom. The second-order valence-corrected chi connectivity index (χ2v) is 7.09. The van der Waals surface area contributed by atoms with Gasteiger partial charge in [0.05, 0.1) is 5.54 Å². The van der Waals surface area contributed by atoms with Gasteiger partial charge in [0.25, 0.3) is 0 Å². The monoisotopic (exact) mass is 361 g/mol. The van der Waals surface area contributed by atoms with Crippen LogP contribution in [0.2, 0.25) is 0 Å². The first-order valence-electron chi connectivity index (χ1n) is 10.8. The molecule has 3 aliphatic rings. The van der Waals surface area contributed by atoms with Crippen LogP contribution in [0.25, 0.3) is 0 Å². The van der Waals surface area contributed by atoms with E-state index in [9.17, 15) is 0 Å². The number of nitrogens with zero attached hydrogens (tertiary/aromatic N) is 4. The normalized spacial score (nSPS) is 23.2. The fraction of sp³-hybridized carbons (Fsp3) is 0.810. The summed E-state index contributed by atoms with van der Waals surface area (Å²) in [4.78, 5) is 14.4. The predicted molar refractivity (Wildman–Crippen MR) is 109 cm³/mol. The minimum atomic E-state index is 0.169. The Morgan fingerprint density at radius 2 is 1.54 bits per heavy atom. The van der Waals surface area contributed by atoms with E-state index in [2.05, 4.69) is 25.1 Å². The minimum Gasteiger partial charge on any atom is -0.317 e. The largest absolute Gasteiger partial charge is 0.317 e. The van der Waals surface area contributed by atoms with Crippen molar-refractivity contribution in [1.29, 1.82) is 0 Å². The first-order chi connectivity index (χ1) is 12.9. The van der Waals surface area contributed by atoms with Crippen LogP contribution in [-0.2, 0) is 5.54 Å². The van der Waals surface area contributed by atoms with E-state index >= 15 is 0 Å². The van der Waals surface area contributed by atoms with Gasteiger partial charge < -0.3 is 10.2 Å². The van der Waals surface area contributed by atoms with E-state index in [4.69, 9.17) is 0 Å². The molecule has 0 atom stereocenters. The van der Waals surface area contributed by atoms with Gasteiger partial charge >= 0.3 is 0 Å². The van der Waals surface area contributed by atoms with Gasteiger partial charge in [-0.15, -0.1) is 0 Å². The second kappa shape index (κ2) is 11.0. The van der Waals surface area contributed by atoms with Crippen molar-refractivity contribution in [2.75, 3.05) is 45.8 Å². The minimum absolute atomic E-state index is 0.169. The van der Waals surface area contributed by atoms with Crippen LogP contribution in [0.15, 0.2) is 18.5 Å². The molecule has 2 saturated heterocycles. The van der Waals surface area contributed by atoms with Gasteiger partial charge in [0.1, 0.15) is 5.82 Å². The summed E-state index contributed by atoms with van der Waals surface area (Å²) in [5.41, 5.74) is 0.169. The zero-order chi connectivity index (χ0) is 18.8. The van der Waals surface area contributed by atoms with Crippen molar-refractivity contribution in [2.24, 2.45) is 5.92 Å².